The van der Waals surface area contributed by atoms with Gasteiger partial charge < -0.3 is 24.3 Å². The van der Waals surface area contributed by atoms with Crippen LogP contribution < -0.4 is 9.47 Å². The number of imidazole rings is 1. The van der Waals surface area contributed by atoms with E-state index in [-0.39, 0.29) is 11.6 Å². The molecule has 144 valence electrons. The second kappa shape index (κ2) is 7.34. The van der Waals surface area contributed by atoms with E-state index in [0.29, 0.717) is 23.1 Å². The molecule has 0 aliphatic heterocycles. The number of nitrogens with zero attached hydrogens (tertiary/aromatic N) is 4. The summed E-state index contributed by atoms with van der Waals surface area (Å²) in [5, 5.41) is 28.2. The standard InChI is InChI=1S/C19H19N5O4/c1-11-10-24(13-4-5-13)16(20-11)8-3-12-9-14(6-7-15(12)27-2)28-18-17(19(25)26)21-23-22-18/h6-7,9-10,13,19,25-26H,4-5H2,1-2H3,(H,21,22,23). The van der Waals surface area contributed by atoms with Crippen molar-refractivity contribution in [2.24, 2.45) is 0 Å². The van der Waals surface area contributed by atoms with Gasteiger partial charge in [0.1, 0.15) is 11.5 Å². The number of benzene rings is 1. The van der Waals surface area contributed by atoms with Crippen LogP contribution in [0.5, 0.6) is 17.4 Å². The Morgan fingerprint density at radius 3 is 2.82 bits per heavy atom. The Hall–Kier alpha value is -3.35. The number of nitrogens with one attached hydrogen (secondary N) is 1. The molecule has 9 nitrogen and oxygen atoms in total. The SMILES string of the molecule is COc1ccc(Oc2nn[nH]c2C(O)O)cc1C#Cc1nc(C)cn1C1CC1. The molecule has 1 saturated carbocycles. The van der Waals surface area contributed by atoms with E-state index in [4.69, 9.17) is 9.47 Å². The summed E-state index contributed by atoms with van der Waals surface area (Å²) in [6.07, 6.45) is 2.54. The predicted octanol–water partition coefficient (Wildman–Crippen LogP) is 1.83. The van der Waals surface area contributed by atoms with Crippen LogP contribution in [0.15, 0.2) is 24.4 Å². The molecule has 1 fully saturated rings. The third kappa shape index (κ3) is 3.69. The highest BCUT2D eigenvalue weighted by Crippen LogP contribution is 2.36. The highest BCUT2D eigenvalue weighted by atomic mass is 16.5. The van der Waals surface area contributed by atoms with Gasteiger partial charge in [0.25, 0.3) is 5.88 Å². The van der Waals surface area contributed by atoms with Crippen LogP contribution in [0.1, 0.15) is 47.9 Å². The molecule has 0 atom stereocenters. The van der Waals surface area contributed by atoms with E-state index in [9.17, 15) is 10.2 Å². The van der Waals surface area contributed by atoms with E-state index < -0.39 is 6.29 Å². The van der Waals surface area contributed by atoms with Crippen molar-refractivity contribution in [2.45, 2.75) is 32.1 Å². The lowest BCUT2D eigenvalue weighted by molar-refractivity contribution is -0.0470. The normalized spacial score (nSPS) is 13.3. The second-order valence-electron chi connectivity index (χ2n) is 6.46. The van der Waals surface area contributed by atoms with E-state index in [1.54, 1.807) is 25.3 Å². The maximum atomic E-state index is 9.31. The van der Waals surface area contributed by atoms with Crippen molar-refractivity contribution in [2.75, 3.05) is 7.11 Å². The summed E-state index contributed by atoms with van der Waals surface area (Å²) in [6, 6.07) is 5.55. The molecule has 0 saturated heterocycles. The molecule has 1 aliphatic rings. The van der Waals surface area contributed by atoms with Crippen molar-refractivity contribution in [1.82, 2.24) is 25.0 Å². The Balaban J connectivity index is 1.64. The highest BCUT2D eigenvalue weighted by Gasteiger charge is 2.25. The lowest BCUT2D eigenvalue weighted by atomic mass is 10.2. The molecule has 2 heterocycles. The lowest BCUT2D eigenvalue weighted by Gasteiger charge is -2.08. The van der Waals surface area contributed by atoms with Gasteiger partial charge in [-0.2, -0.15) is 0 Å². The van der Waals surface area contributed by atoms with E-state index >= 15 is 0 Å². The summed E-state index contributed by atoms with van der Waals surface area (Å²) in [7, 11) is 1.56. The van der Waals surface area contributed by atoms with Crippen LogP contribution >= 0.6 is 0 Å². The van der Waals surface area contributed by atoms with Crippen molar-refractivity contribution < 1.29 is 19.7 Å². The summed E-state index contributed by atoms with van der Waals surface area (Å²) in [5.74, 6) is 7.89. The monoisotopic (exact) mass is 381 g/mol. The number of aromatic amines is 1. The van der Waals surface area contributed by atoms with Gasteiger partial charge in [-0.3, -0.25) is 5.10 Å². The van der Waals surface area contributed by atoms with Crippen molar-refractivity contribution in [3.8, 4) is 29.2 Å². The highest BCUT2D eigenvalue weighted by molar-refractivity contribution is 5.52. The molecule has 28 heavy (non-hydrogen) atoms. The first-order chi connectivity index (χ1) is 13.5. The largest absolute Gasteiger partial charge is 0.495 e. The molecule has 9 heteroatoms. The van der Waals surface area contributed by atoms with Crippen LogP contribution in [0.3, 0.4) is 0 Å². The minimum atomic E-state index is -1.77. The van der Waals surface area contributed by atoms with E-state index in [1.165, 1.54) is 0 Å². The van der Waals surface area contributed by atoms with Gasteiger partial charge in [0.05, 0.1) is 18.4 Å². The third-order valence-electron chi connectivity index (χ3n) is 4.29. The molecular weight excluding hydrogens is 362 g/mol. The summed E-state index contributed by atoms with van der Waals surface area (Å²) in [4.78, 5) is 4.50. The van der Waals surface area contributed by atoms with Crippen LogP contribution in [-0.4, -0.2) is 42.3 Å². The molecule has 0 spiro atoms. The number of aliphatic hydroxyl groups is 2. The molecular formula is C19H19N5O4. The summed E-state index contributed by atoms with van der Waals surface area (Å²) >= 11 is 0. The molecule has 1 aromatic carbocycles. The first-order valence-electron chi connectivity index (χ1n) is 8.75. The molecule has 1 aliphatic carbocycles. The van der Waals surface area contributed by atoms with Crippen LogP contribution in [0.25, 0.3) is 0 Å². The number of H-pyrrole nitrogens is 1. The Bertz CT molecular complexity index is 1060. The summed E-state index contributed by atoms with van der Waals surface area (Å²) in [5.41, 5.74) is 1.50. The van der Waals surface area contributed by atoms with Crippen molar-refractivity contribution in [3.63, 3.8) is 0 Å². The minimum absolute atomic E-state index is 0.0287. The molecule has 3 aromatic rings. The number of hydrogen-bond acceptors (Lipinski definition) is 7. The van der Waals surface area contributed by atoms with E-state index in [0.717, 1.165) is 24.4 Å². The Labute approximate surface area is 160 Å². The topological polar surface area (TPSA) is 118 Å². The summed E-state index contributed by atoms with van der Waals surface area (Å²) < 4.78 is 13.1. The fourth-order valence-electron chi connectivity index (χ4n) is 2.79. The fraction of sp³-hybridized carbons (Fsp3) is 0.316. The van der Waals surface area contributed by atoms with Gasteiger partial charge in [-0.05, 0) is 37.8 Å². The Morgan fingerprint density at radius 1 is 1.29 bits per heavy atom. The minimum Gasteiger partial charge on any atom is -0.495 e. The van der Waals surface area contributed by atoms with Crippen molar-refractivity contribution in [3.05, 3.63) is 47.2 Å². The number of aliphatic hydroxyl groups excluding tert-OH is 1. The number of hydrogen-bond donors (Lipinski definition) is 3. The molecule has 0 amide bonds. The molecule has 3 N–H and O–H groups in total. The van der Waals surface area contributed by atoms with Gasteiger partial charge in [0.2, 0.25) is 6.29 Å². The van der Waals surface area contributed by atoms with Crippen LogP contribution in [0.4, 0.5) is 0 Å². The first-order valence-corrected chi connectivity index (χ1v) is 8.75. The van der Waals surface area contributed by atoms with Gasteiger partial charge in [-0.25, -0.2) is 4.98 Å². The molecule has 0 bridgehead atoms. The maximum Gasteiger partial charge on any atom is 0.267 e. The van der Waals surface area contributed by atoms with Crippen molar-refractivity contribution >= 4 is 0 Å². The molecule has 0 radical (unpaired) electrons. The zero-order valence-electron chi connectivity index (χ0n) is 15.4. The predicted molar refractivity (Wildman–Crippen MR) is 97.8 cm³/mol. The Morgan fingerprint density at radius 2 is 2.11 bits per heavy atom. The molecule has 4 rings (SSSR count). The van der Waals surface area contributed by atoms with Gasteiger partial charge in [0, 0.05) is 18.3 Å². The van der Waals surface area contributed by atoms with Gasteiger partial charge >= 0.3 is 0 Å². The molecule has 0 unspecified atom stereocenters. The van der Waals surface area contributed by atoms with Gasteiger partial charge in [0.15, 0.2) is 11.5 Å². The maximum absolute atomic E-state index is 9.31. The Kier molecular flexibility index (Phi) is 4.73. The first kappa shape index (κ1) is 18.0. The van der Waals surface area contributed by atoms with E-state index in [1.807, 2.05) is 13.1 Å². The number of methoxy groups -OCH3 is 1. The zero-order chi connectivity index (χ0) is 19.7. The number of rotatable bonds is 5. The van der Waals surface area contributed by atoms with Crippen molar-refractivity contribution in [1.29, 1.82) is 0 Å². The number of aromatic nitrogens is 5. The average molecular weight is 381 g/mol. The summed E-state index contributed by atoms with van der Waals surface area (Å²) in [6.45, 7) is 1.95. The van der Waals surface area contributed by atoms with Crippen LogP contribution in [0.2, 0.25) is 0 Å². The second-order valence-corrected chi connectivity index (χ2v) is 6.46. The van der Waals surface area contributed by atoms with Gasteiger partial charge in [-0.15, -0.1) is 0 Å². The average Bonchev–Trinajstić information content (AvgIpc) is 3.30. The van der Waals surface area contributed by atoms with Crippen LogP contribution in [-0.2, 0) is 0 Å². The molecule has 2 aromatic heterocycles. The number of ether oxygens (including phenoxy) is 2. The third-order valence-corrected chi connectivity index (χ3v) is 4.29. The number of aryl methyl sites for hydroxylation is 1. The smallest absolute Gasteiger partial charge is 0.267 e. The fourth-order valence-corrected chi connectivity index (χ4v) is 2.79. The van der Waals surface area contributed by atoms with E-state index in [2.05, 4.69) is 36.8 Å². The van der Waals surface area contributed by atoms with Gasteiger partial charge in [-0.1, -0.05) is 16.2 Å². The lowest BCUT2D eigenvalue weighted by Crippen LogP contribution is -1.99. The zero-order valence-corrected chi connectivity index (χ0v) is 15.4. The van der Waals surface area contributed by atoms with Crippen LogP contribution in [0, 0.1) is 18.8 Å². The quantitative estimate of drug-likeness (QED) is 0.456.